The van der Waals surface area contributed by atoms with E-state index in [9.17, 15) is 4.80 Å². The summed E-state index contributed by atoms with van der Waals surface area (Å²) in [5.74, 6) is 0.461. The Morgan fingerprint density at radius 2 is 2.15 bits per heavy atom. The summed E-state index contributed by atoms with van der Waals surface area (Å²) in [6.07, 6.45) is 3.29. The molecular weight excluding hydrogens is 362 g/mol. The number of rotatable bonds is 3. The molecule has 1 spiro atoms. The molecule has 0 bridgehead atoms. The van der Waals surface area contributed by atoms with E-state index in [0.29, 0.717) is 6.61 Å². The van der Waals surface area contributed by atoms with Crippen LogP contribution in [-0.2, 0) is 9.47 Å². The molecule has 27 heavy (non-hydrogen) atoms. The summed E-state index contributed by atoms with van der Waals surface area (Å²) in [5.41, 5.74) is 7.87. The van der Waals surface area contributed by atoms with Gasteiger partial charge in [0.15, 0.2) is 20.3 Å². The highest BCUT2D eigenvalue weighted by molar-refractivity contribution is 6.71. The average Bonchev–Trinajstić information content (AvgIpc) is 3.23. The van der Waals surface area contributed by atoms with Crippen LogP contribution in [0, 0.1) is 12.8 Å². The molecule has 5 atom stereocenters. The lowest BCUT2D eigenvalue weighted by atomic mass is 9.86. The van der Waals surface area contributed by atoms with E-state index in [1.807, 2.05) is 33.3 Å². The lowest BCUT2D eigenvalue weighted by molar-refractivity contribution is -0.105. The number of aromatic nitrogens is 4. The fourth-order valence-corrected chi connectivity index (χ4v) is 7.56. The lowest BCUT2D eigenvalue weighted by Crippen LogP contribution is -2.46. The van der Waals surface area contributed by atoms with E-state index in [4.69, 9.17) is 15.2 Å². The van der Waals surface area contributed by atoms with Crippen LogP contribution in [-0.4, -0.2) is 51.1 Å². The summed E-state index contributed by atoms with van der Waals surface area (Å²) in [5, 5.41) is 0. The van der Waals surface area contributed by atoms with Gasteiger partial charge < -0.3 is 24.6 Å². The molecule has 2 fully saturated rings. The van der Waals surface area contributed by atoms with Gasteiger partial charge in [0.25, 0.3) is 0 Å². The number of nitrogens with zero attached hydrogens (tertiary/aromatic N) is 4. The highest BCUT2D eigenvalue weighted by Gasteiger charge is 2.62. The standard InChI is InChI=1S/C18H29N5O3Si/c1-6-12-13(27(4,5)24)7-14(18(12)8-25-11(3)26-18)23-9-20-15-10(2)21-17(19)22-16(15)23/h9,11-14,24H,6-8H2,1-5H3,(H2,19,21,22)/t11?,12-,13+,14+,18+/m1/s1. The Morgan fingerprint density at radius 3 is 2.74 bits per heavy atom. The van der Waals surface area contributed by atoms with Crippen LogP contribution in [0.4, 0.5) is 5.95 Å². The minimum Gasteiger partial charge on any atom is -0.432 e. The Morgan fingerprint density at radius 1 is 1.41 bits per heavy atom. The molecule has 2 aromatic heterocycles. The van der Waals surface area contributed by atoms with Crippen molar-refractivity contribution in [2.45, 2.75) is 70.2 Å². The molecule has 0 aromatic carbocycles. The monoisotopic (exact) mass is 391 g/mol. The summed E-state index contributed by atoms with van der Waals surface area (Å²) in [4.78, 5) is 24.3. The number of hydrogen-bond donors (Lipinski definition) is 2. The maximum atomic E-state index is 11.0. The maximum Gasteiger partial charge on any atom is 0.222 e. The van der Waals surface area contributed by atoms with Gasteiger partial charge in [-0.3, -0.25) is 0 Å². The van der Waals surface area contributed by atoms with E-state index in [-0.39, 0.29) is 29.7 Å². The highest BCUT2D eigenvalue weighted by atomic mass is 28.4. The van der Waals surface area contributed by atoms with Gasteiger partial charge in [0.05, 0.1) is 24.7 Å². The molecule has 3 heterocycles. The number of anilines is 1. The second-order valence-corrected chi connectivity index (χ2v) is 12.5. The fourth-order valence-electron chi connectivity index (χ4n) is 5.25. The Bertz CT molecular complexity index is 867. The quantitative estimate of drug-likeness (QED) is 0.773. The fraction of sp³-hybridized carbons (Fsp3) is 0.722. The predicted octanol–water partition coefficient (Wildman–Crippen LogP) is 2.39. The van der Waals surface area contributed by atoms with Crippen LogP contribution in [0.25, 0.3) is 11.2 Å². The Balaban J connectivity index is 1.88. The number of hydrogen-bond acceptors (Lipinski definition) is 7. The van der Waals surface area contributed by atoms with Crippen LogP contribution < -0.4 is 5.73 Å². The normalized spacial score (nSPS) is 34.1. The van der Waals surface area contributed by atoms with E-state index >= 15 is 0 Å². The van der Waals surface area contributed by atoms with Gasteiger partial charge in [0, 0.05) is 0 Å². The third-order valence-corrected chi connectivity index (χ3v) is 8.83. The summed E-state index contributed by atoms with van der Waals surface area (Å²) in [6, 6.07) is -0.0185. The first-order chi connectivity index (χ1) is 12.7. The smallest absolute Gasteiger partial charge is 0.222 e. The van der Waals surface area contributed by atoms with Crippen molar-refractivity contribution in [1.29, 1.82) is 0 Å². The van der Waals surface area contributed by atoms with Gasteiger partial charge >= 0.3 is 0 Å². The molecule has 1 aliphatic carbocycles. The first kappa shape index (κ1) is 18.8. The van der Waals surface area contributed by atoms with Crippen molar-refractivity contribution < 1.29 is 14.3 Å². The molecule has 2 aliphatic rings. The van der Waals surface area contributed by atoms with Gasteiger partial charge in [-0.05, 0) is 44.8 Å². The zero-order chi connectivity index (χ0) is 19.6. The number of ether oxygens (including phenoxy) is 2. The number of nitrogens with two attached hydrogens (primary N) is 1. The van der Waals surface area contributed by atoms with Gasteiger partial charge in [-0.15, -0.1) is 0 Å². The molecule has 4 rings (SSSR count). The Hall–Kier alpha value is -1.55. The van der Waals surface area contributed by atoms with Crippen molar-refractivity contribution in [2.24, 2.45) is 5.92 Å². The molecule has 1 aliphatic heterocycles. The van der Waals surface area contributed by atoms with Crippen molar-refractivity contribution in [1.82, 2.24) is 19.5 Å². The second-order valence-electron chi connectivity index (χ2n) is 8.47. The molecule has 3 N–H and O–H groups in total. The van der Waals surface area contributed by atoms with Gasteiger partial charge in [-0.2, -0.15) is 4.98 Å². The van der Waals surface area contributed by atoms with Crippen molar-refractivity contribution >= 4 is 25.4 Å². The minimum atomic E-state index is -2.39. The molecule has 9 heteroatoms. The van der Waals surface area contributed by atoms with Crippen LogP contribution in [0.3, 0.4) is 0 Å². The molecule has 0 amide bonds. The molecular formula is C18H29N5O3Si. The second kappa shape index (κ2) is 6.23. The van der Waals surface area contributed by atoms with Crippen molar-refractivity contribution in [2.75, 3.05) is 12.3 Å². The van der Waals surface area contributed by atoms with Gasteiger partial charge in [-0.1, -0.05) is 13.3 Å². The third-order valence-electron chi connectivity index (χ3n) is 6.38. The zero-order valence-electron chi connectivity index (χ0n) is 16.6. The summed E-state index contributed by atoms with van der Waals surface area (Å²) >= 11 is 0. The molecule has 8 nitrogen and oxygen atoms in total. The minimum absolute atomic E-state index is 0.0185. The van der Waals surface area contributed by atoms with E-state index in [1.165, 1.54) is 0 Å². The lowest BCUT2D eigenvalue weighted by Gasteiger charge is -2.37. The van der Waals surface area contributed by atoms with E-state index in [2.05, 4.69) is 26.4 Å². The van der Waals surface area contributed by atoms with Gasteiger partial charge in [0.1, 0.15) is 11.1 Å². The Kier molecular flexibility index (Phi) is 4.34. The van der Waals surface area contributed by atoms with E-state index in [1.54, 1.807) is 0 Å². The molecule has 148 valence electrons. The predicted molar refractivity (Wildman–Crippen MR) is 105 cm³/mol. The van der Waals surface area contributed by atoms with E-state index < -0.39 is 13.9 Å². The van der Waals surface area contributed by atoms with Gasteiger partial charge in [-0.25, -0.2) is 9.97 Å². The molecule has 0 radical (unpaired) electrons. The topological polar surface area (TPSA) is 108 Å². The molecule has 1 saturated carbocycles. The van der Waals surface area contributed by atoms with Crippen LogP contribution in [0.1, 0.15) is 38.4 Å². The first-order valence-corrected chi connectivity index (χ1v) is 12.7. The summed E-state index contributed by atoms with van der Waals surface area (Å²) < 4.78 is 14.4. The molecule has 1 unspecified atom stereocenters. The van der Waals surface area contributed by atoms with E-state index in [0.717, 1.165) is 29.7 Å². The van der Waals surface area contributed by atoms with Crippen LogP contribution in [0.15, 0.2) is 6.33 Å². The van der Waals surface area contributed by atoms with Crippen molar-refractivity contribution in [3.63, 3.8) is 0 Å². The largest absolute Gasteiger partial charge is 0.432 e. The number of imidazole rings is 1. The number of aryl methyl sites for hydroxylation is 1. The molecule has 1 saturated heterocycles. The third kappa shape index (κ3) is 2.79. The first-order valence-electron chi connectivity index (χ1n) is 9.65. The van der Waals surface area contributed by atoms with Crippen LogP contribution in [0.5, 0.6) is 0 Å². The number of nitrogen functional groups attached to an aromatic ring is 1. The van der Waals surface area contributed by atoms with Crippen LogP contribution in [0.2, 0.25) is 18.6 Å². The SMILES string of the molecule is CC[C@@H]1[C@@H]([Si](C)(C)O)C[C@H](n2cnc3c(C)nc(N)nc32)[C@]12COC(C)O2. The van der Waals surface area contributed by atoms with Gasteiger partial charge in [0.2, 0.25) is 5.95 Å². The van der Waals surface area contributed by atoms with Crippen molar-refractivity contribution in [3.8, 4) is 0 Å². The average molecular weight is 392 g/mol. The van der Waals surface area contributed by atoms with Crippen molar-refractivity contribution in [3.05, 3.63) is 12.0 Å². The molecule has 2 aromatic rings. The highest BCUT2D eigenvalue weighted by Crippen LogP contribution is 2.59. The number of fused-ring (bicyclic) bond motifs is 1. The van der Waals surface area contributed by atoms with Crippen LogP contribution >= 0.6 is 0 Å². The maximum absolute atomic E-state index is 11.0. The zero-order valence-corrected chi connectivity index (χ0v) is 17.6. The Labute approximate surface area is 160 Å². The summed E-state index contributed by atoms with van der Waals surface area (Å²) in [6.45, 7) is 10.5. The summed E-state index contributed by atoms with van der Waals surface area (Å²) in [7, 11) is -2.39.